The molecule has 0 spiro atoms. The molecule has 7 heteroatoms. The zero-order valence-corrected chi connectivity index (χ0v) is 17.4. The summed E-state index contributed by atoms with van der Waals surface area (Å²) in [5, 5.41) is 3.93. The van der Waals surface area contributed by atoms with Crippen molar-refractivity contribution in [3.63, 3.8) is 0 Å². The van der Waals surface area contributed by atoms with Crippen LogP contribution >= 0.6 is 12.4 Å². The third-order valence-corrected chi connectivity index (χ3v) is 5.89. The highest BCUT2D eigenvalue weighted by molar-refractivity contribution is 5.96. The number of carbonyl (C=O) groups excluding carboxylic acids is 2. The molecule has 1 unspecified atom stereocenters. The molecule has 3 N–H and O–H groups in total. The van der Waals surface area contributed by atoms with Crippen molar-refractivity contribution in [1.82, 2.24) is 10.2 Å². The number of nitrogens with one attached hydrogen (secondary N) is 1. The van der Waals surface area contributed by atoms with E-state index in [2.05, 4.69) is 5.32 Å². The van der Waals surface area contributed by atoms with Crippen molar-refractivity contribution in [2.75, 3.05) is 19.6 Å². The summed E-state index contributed by atoms with van der Waals surface area (Å²) >= 11 is 0. The number of fused-ring (bicyclic) bond motifs is 1. The maximum atomic E-state index is 13.0. The van der Waals surface area contributed by atoms with Gasteiger partial charge in [-0.2, -0.15) is 0 Å². The van der Waals surface area contributed by atoms with E-state index >= 15 is 0 Å². The van der Waals surface area contributed by atoms with Gasteiger partial charge < -0.3 is 20.4 Å². The van der Waals surface area contributed by atoms with Gasteiger partial charge >= 0.3 is 0 Å². The predicted molar refractivity (Wildman–Crippen MR) is 113 cm³/mol. The number of benzene rings is 1. The topological polar surface area (TPSA) is 88.6 Å². The Balaban J connectivity index is 0.00000280. The molecule has 3 rings (SSSR count). The first kappa shape index (κ1) is 22.2. The third-order valence-electron chi connectivity index (χ3n) is 5.89. The van der Waals surface area contributed by atoms with Gasteiger partial charge in [0.05, 0.1) is 5.41 Å². The molecule has 2 amide bonds. The monoisotopic (exact) mass is 407 g/mol. The fourth-order valence-electron chi connectivity index (χ4n) is 3.89. The smallest absolute Gasteiger partial charge is 0.287 e. The number of nitrogens with zero attached hydrogens (tertiary/aromatic N) is 1. The number of piperidine rings is 1. The van der Waals surface area contributed by atoms with Crippen LogP contribution in [0.3, 0.4) is 0 Å². The Morgan fingerprint density at radius 2 is 2.00 bits per heavy atom. The first-order valence-corrected chi connectivity index (χ1v) is 9.82. The lowest BCUT2D eigenvalue weighted by Gasteiger charge is -2.39. The number of carbonyl (C=O) groups is 2. The average Bonchev–Trinajstić information content (AvgIpc) is 3.14. The molecule has 1 aliphatic heterocycles. The molecule has 0 radical (unpaired) electrons. The first-order chi connectivity index (χ1) is 13.0. The van der Waals surface area contributed by atoms with Crippen LogP contribution in [0.15, 0.2) is 34.7 Å². The van der Waals surface area contributed by atoms with E-state index in [-0.39, 0.29) is 30.3 Å². The highest BCUT2D eigenvalue weighted by Gasteiger charge is 2.38. The molecule has 1 atom stereocenters. The second-order valence-corrected chi connectivity index (χ2v) is 7.40. The van der Waals surface area contributed by atoms with Gasteiger partial charge in [0.15, 0.2) is 5.76 Å². The summed E-state index contributed by atoms with van der Waals surface area (Å²) in [6, 6.07) is 9.23. The molecule has 1 saturated heterocycles. The molecule has 6 nitrogen and oxygen atoms in total. The van der Waals surface area contributed by atoms with Crippen molar-refractivity contribution in [3.05, 3.63) is 36.1 Å². The molecular formula is C21H30ClN3O3. The number of amides is 2. The molecule has 2 heterocycles. The number of likely N-dealkylation sites (tertiary alicyclic amines) is 1. The summed E-state index contributed by atoms with van der Waals surface area (Å²) in [6.45, 7) is 5.62. The maximum Gasteiger partial charge on any atom is 0.287 e. The number of hydrogen-bond donors (Lipinski definition) is 2. The van der Waals surface area contributed by atoms with Gasteiger partial charge in [0.1, 0.15) is 5.58 Å². The molecule has 154 valence electrons. The number of furan rings is 1. The Morgan fingerprint density at radius 1 is 1.29 bits per heavy atom. The average molecular weight is 408 g/mol. The Morgan fingerprint density at radius 3 is 2.64 bits per heavy atom. The Hall–Kier alpha value is -2.05. The van der Waals surface area contributed by atoms with E-state index in [1.807, 2.05) is 43.0 Å². The normalized spacial score (nSPS) is 17.2. The van der Waals surface area contributed by atoms with Gasteiger partial charge in [-0.3, -0.25) is 9.59 Å². The fourth-order valence-corrected chi connectivity index (χ4v) is 3.89. The second kappa shape index (κ2) is 9.43. The van der Waals surface area contributed by atoms with Crippen molar-refractivity contribution in [3.8, 4) is 0 Å². The van der Waals surface area contributed by atoms with Crippen LogP contribution in [0.25, 0.3) is 11.0 Å². The van der Waals surface area contributed by atoms with Gasteiger partial charge in [-0.25, -0.2) is 0 Å². The number of halogens is 1. The van der Waals surface area contributed by atoms with Crippen LogP contribution < -0.4 is 11.1 Å². The molecule has 2 aromatic rings. The minimum atomic E-state index is -0.495. The van der Waals surface area contributed by atoms with Crippen LogP contribution in [0.4, 0.5) is 0 Å². The summed E-state index contributed by atoms with van der Waals surface area (Å²) < 4.78 is 5.64. The van der Waals surface area contributed by atoms with E-state index < -0.39 is 5.41 Å². The lowest BCUT2D eigenvalue weighted by Crippen LogP contribution is -2.54. The zero-order chi connectivity index (χ0) is 19.4. The minimum Gasteiger partial charge on any atom is -0.451 e. The van der Waals surface area contributed by atoms with Crippen LogP contribution in [0.5, 0.6) is 0 Å². The largest absolute Gasteiger partial charge is 0.451 e. The Kier molecular flexibility index (Phi) is 7.49. The van der Waals surface area contributed by atoms with Gasteiger partial charge in [-0.1, -0.05) is 32.0 Å². The van der Waals surface area contributed by atoms with Crippen LogP contribution in [-0.2, 0) is 4.79 Å². The van der Waals surface area contributed by atoms with Crippen LogP contribution in [-0.4, -0.2) is 42.4 Å². The molecular weight excluding hydrogens is 378 g/mol. The van der Waals surface area contributed by atoms with Crippen LogP contribution in [0.2, 0.25) is 0 Å². The van der Waals surface area contributed by atoms with Gasteiger partial charge in [0.2, 0.25) is 5.91 Å². The van der Waals surface area contributed by atoms with Gasteiger partial charge in [-0.05, 0) is 37.8 Å². The number of hydrogen-bond acceptors (Lipinski definition) is 4. The second-order valence-electron chi connectivity index (χ2n) is 7.40. The molecule has 0 aliphatic carbocycles. The SMILES string of the molecule is CCC(CC)(CN)C(=O)N1CCCC(NC(=O)c2cc3ccccc3o2)C1.Cl. The fraction of sp³-hybridized carbons (Fsp3) is 0.524. The third kappa shape index (κ3) is 4.33. The number of rotatable bonds is 6. The van der Waals surface area contributed by atoms with E-state index in [4.69, 9.17) is 10.2 Å². The van der Waals surface area contributed by atoms with E-state index in [9.17, 15) is 9.59 Å². The van der Waals surface area contributed by atoms with Gasteiger partial charge in [-0.15, -0.1) is 12.4 Å². The predicted octanol–water partition coefficient (Wildman–Crippen LogP) is 3.34. The van der Waals surface area contributed by atoms with Crippen LogP contribution in [0, 0.1) is 5.41 Å². The van der Waals surface area contributed by atoms with E-state index in [1.54, 1.807) is 6.07 Å². The summed E-state index contributed by atoms with van der Waals surface area (Å²) in [4.78, 5) is 27.5. The van der Waals surface area contributed by atoms with Gasteiger partial charge in [0.25, 0.3) is 5.91 Å². The highest BCUT2D eigenvalue weighted by Crippen LogP contribution is 2.29. The Bertz CT molecular complexity index is 775. The first-order valence-electron chi connectivity index (χ1n) is 9.82. The van der Waals surface area contributed by atoms with E-state index in [1.165, 1.54) is 0 Å². The van der Waals surface area contributed by atoms with Crippen molar-refractivity contribution in [2.24, 2.45) is 11.1 Å². The standard InChI is InChI=1S/C21H29N3O3.ClH/c1-3-21(4-2,14-22)20(26)24-11-7-9-16(13-24)23-19(25)18-12-15-8-5-6-10-17(15)27-18;/h5-6,8,10,12,16H,3-4,7,9,11,13-14,22H2,1-2H3,(H,23,25);1H. The Labute approximate surface area is 172 Å². The van der Waals surface area contributed by atoms with Crippen molar-refractivity contribution in [1.29, 1.82) is 0 Å². The molecule has 1 aliphatic rings. The molecule has 1 aromatic heterocycles. The number of nitrogens with two attached hydrogens (primary N) is 1. The number of para-hydroxylation sites is 1. The summed E-state index contributed by atoms with van der Waals surface area (Å²) in [5.41, 5.74) is 6.14. The van der Waals surface area contributed by atoms with E-state index in [0.29, 0.717) is 24.4 Å². The minimum absolute atomic E-state index is 0. The molecule has 1 aromatic carbocycles. The van der Waals surface area contributed by atoms with Crippen molar-refractivity contribution < 1.29 is 14.0 Å². The highest BCUT2D eigenvalue weighted by atomic mass is 35.5. The molecule has 1 fully saturated rings. The van der Waals surface area contributed by atoms with Gasteiger partial charge in [0, 0.05) is 31.1 Å². The lowest BCUT2D eigenvalue weighted by molar-refractivity contribution is -0.143. The molecule has 28 heavy (non-hydrogen) atoms. The summed E-state index contributed by atoms with van der Waals surface area (Å²) in [5.74, 6) is 0.178. The molecule has 0 saturated carbocycles. The summed E-state index contributed by atoms with van der Waals surface area (Å²) in [7, 11) is 0. The lowest BCUT2D eigenvalue weighted by atomic mass is 9.80. The van der Waals surface area contributed by atoms with Crippen molar-refractivity contribution in [2.45, 2.75) is 45.6 Å². The van der Waals surface area contributed by atoms with Crippen LogP contribution in [0.1, 0.15) is 50.1 Å². The zero-order valence-electron chi connectivity index (χ0n) is 16.6. The maximum absolute atomic E-state index is 13.0. The van der Waals surface area contributed by atoms with E-state index in [0.717, 1.165) is 37.6 Å². The molecule has 0 bridgehead atoms. The van der Waals surface area contributed by atoms with Crippen molar-refractivity contribution >= 4 is 35.2 Å². The summed E-state index contributed by atoms with van der Waals surface area (Å²) in [6.07, 6.45) is 3.17. The quantitative estimate of drug-likeness (QED) is 0.768.